The zero-order valence-corrected chi connectivity index (χ0v) is 11.8. The number of amides is 2. The van der Waals surface area contributed by atoms with Crippen LogP contribution in [0.15, 0.2) is 24.4 Å². The number of rotatable bonds is 3. The predicted molar refractivity (Wildman–Crippen MR) is 78.1 cm³/mol. The van der Waals surface area contributed by atoms with Crippen molar-refractivity contribution in [3.8, 4) is 5.75 Å². The van der Waals surface area contributed by atoms with E-state index in [4.69, 9.17) is 0 Å². The normalized spacial score (nSPS) is 10.3. The van der Waals surface area contributed by atoms with E-state index in [-0.39, 0.29) is 11.8 Å². The van der Waals surface area contributed by atoms with Gasteiger partial charge in [0, 0.05) is 18.9 Å². The summed E-state index contributed by atoms with van der Waals surface area (Å²) >= 11 is 0. The van der Waals surface area contributed by atoms with Crippen molar-refractivity contribution in [3.05, 3.63) is 35.7 Å². The molecule has 1 heterocycles. The summed E-state index contributed by atoms with van der Waals surface area (Å²) in [6, 6.07) is 4.46. The van der Waals surface area contributed by atoms with Gasteiger partial charge in [0.1, 0.15) is 5.75 Å². The first-order valence-electron chi connectivity index (χ1n) is 6.39. The van der Waals surface area contributed by atoms with Gasteiger partial charge in [-0.3, -0.25) is 4.68 Å². The average Bonchev–Trinajstić information content (AvgIpc) is 2.73. The molecular formula is C14H18N4O2. The van der Waals surface area contributed by atoms with Crippen molar-refractivity contribution < 1.29 is 9.90 Å². The van der Waals surface area contributed by atoms with Gasteiger partial charge in [-0.05, 0) is 37.1 Å². The van der Waals surface area contributed by atoms with Gasteiger partial charge in [-0.15, -0.1) is 0 Å². The van der Waals surface area contributed by atoms with E-state index in [0.29, 0.717) is 11.4 Å². The fourth-order valence-corrected chi connectivity index (χ4v) is 1.96. The minimum absolute atomic E-state index is 0.175. The van der Waals surface area contributed by atoms with Crippen LogP contribution in [0.2, 0.25) is 0 Å². The number of nitrogens with zero attached hydrogens (tertiary/aromatic N) is 2. The van der Waals surface area contributed by atoms with Gasteiger partial charge in [-0.2, -0.15) is 5.10 Å². The van der Waals surface area contributed by atoms with Crippen LogP contribution in [0.5, 0.6) is 5.75 Å². The molecule has 6 heteroatoms. The van der Waals surface area contributed by atoms with E-state index in [1.807, 2.05) is 20.9 Å². The molecule has 20 heavy (non-hydrogen) atoms. The SMILES string of the molecule is CCc1nn(C)cc1NC(=O)Nc1ccc(O)cc1C. The van der Waals surface area contributed by atoms with Gasteiger partial charge < -0.3 is 15.7 Å². The first-order valence-corrected chi connectivity index (χ1v) is 6.39. The second kappa shape index (κ2) is 5.64. The number of aromatic hydroxyl groups is 1. The maximum absolute atomic E-state index is 12.0. The Kier molecular flexibility index (Phi) is 3.93. The molecule has 2 amide bonds. The van der Waals surface area contributed by atoms with Gasteiger partial charge in [0.15, 0.2) is 0 Å². The maximum Gasteiger partial charge on any atom is 0.323 e. The van der Waals surface area contributed by atoms with E-state index in [9.17, 15) is 9.90 Å². The highest BCUT2D eigenvalue weighted by atomic mass is 16.3. The van der Waals surface area contributed by atoms with Crippen molar-refractivity contribution >= 4 is 17.4 Å². The molecule has 1 aromatic carbocycles. The van der Waals surface area contributed by atoms with Crippen LogP contribution in [0.4, 0.5) is 16.2 Å². The van der Waals surface area contributed by atoms with Crippen molar-refractivity contribution in [2.24, 2.45) is 7.05 Å². The third-order valence-electron chi connectivity index (χ3n) is 2.95. The Morgan fingerprint density at radius 3 is 2.70 bits per heavy atom. The molecule has 0 radical (unpaired) electrons. The number of hydrogen-bond donors (Lipinski definition) is 3. The molecule has 0 aliphatic carbocycles. The largest absolute Gasteiger partial charge is 0.508 e. The number of carbonyl (C=O) groups is 1. The number of hydrogen-bond acceptors (Lipinski definition) is 3. The van der Waals surface area contributed by atoms with E-state index >= 15 is 0 Å². The molecule has 3 N–H and O–H groups in total. The zero-order valence-electron chi connectivity index (χ0n) is 11.8. The first kappa shape index (κ1) is 13.9. The fourth-order valence-electron chi connectivity index (χ4n) is 1.96. The average molecular weight is 274 g/mol. The Labute approximate surface area is 117 Å². The molecule has 0 saturated carbocycles. The highest BCUT2D eigenvalue weighted by Gasteiger charge is 2.10. The summed E-state index contributed by atoms with van der Waals surface area (Å²) in [6.45, 7) is 3.80. The molecule has 1 aromatic heterocycles. The lowest BCUT2D eigenvalue weighted by Crippen LogP contribution is -2.20. The Morgan fingerprint density at radius 2 is 2.05 bits per heavy atom. The smallest absolute Gasteiger partial charge is 0.323 e. The highest BCUT2D eigenvalue weighted by Crippen LogP contribution is 2.20. The third-order valence-corrected chi connectivity index (χ3v) is 2.95. The number of anilines is 2. The fraction of sp³-hybridized carbons (Fsp3) is 0.286. The molecule has 0 spiro atoms. The van der Waals surface area contributed by atoms with E-state index in [1.165, 1.54) is 6.07 Å². The lowest BCUT2D eigenvalue weighted by molar-refractivity contribution is 0.262. The minimum atomic E-state index is -0.332. The molecule has 0 aliphatic heterocycles. The zero-order chi connectivity index (χ0) is 14.7. The Bertz CT molecular complexity index is 634. The Balaban J connectivity index is 2.09. The number of aromatic nitrogens is 2. The number of benzene rings is 1. The summed E-state index contributed by atoms with van der Waals surface area (Å²) < 4.78 is 1.67. The van der Waals surface area contributed by atoms with Gasteiger partial charge >= 0.3 is 6.03 Å². The van der Waals surface area contributed by atoms with Crippen molar-refractivity contribution in [3.63, 3.8) is 0 Å². The lowest BCUT2D eigenvalue weighted by atomic mass is 10.2. The molecule has 0 aliphatic rings. The molecule has 106 valence electrons. The van der Waals surface area contributed by atoms with Gasteiger partial charge in [-0.25, -0.2) is 4.79 Å². The molecular weight excluding hydrogens is 256 g/mol. The Hall–Kier alpha value is -2.50. The highest BCUT2D eigenvalue weighted by molar-refractivity contribution is 6.00. The molecule has 0 saturated heterocycles. The van der Waals surface area contributed by atoms with E-state index in [2.05, 4.69) is 15.7 Å². The van der Waals surface area contributed by atoms with E-state index in [1.54, 1.807) is 23.0 Å². The predicted octanol–water partition coefficient (Wildman–Crippen LogP) is 2.64. The monoisotopic (exact) mass is 274 g/mol. The molecule has 2 rings (SSSR count). The summed E-state index contributed by atoms with van der Waals surface area (Å²) in [5, 5.41) is 19.1. The van der Waals surface area contributed by atoms with Crippen LogP contribution in [0, 0.1) is 6.92 Å². The lowest BCUT2D eigenvalue weighted by Gasteiger charge is -2.09. The summed E-state index contributed by atoms with van der Waals surface area (Å²) in [5.41, 5.74) is 2.98. The van der Waals surface area contributed by atoms with Crippen molar-refractivity contribution in [2.75, 3.05) is 10.6 Å². The molecule has 0 atom stereocenters. The molecule has 2 aromatic rings. The third kappa shape index (κ3) is 3.09. The molecule has 0 bridgehead atoms. The number of nitrogens with one attached hydrogen (secondary N) is 2. The van der Waals surface area contributed by atoms with Gasteiger partial charge in [0.25, 0.3) is 0 Å². The number of carbonyl (C=O) groups excluding carboxylic acids is 1. The van der Waals surface area contributed by atoms with Crippen LogP contribution >= 0.6 is 0 Å². The number of urea groups is 1. The second-order valence-electron chi connectivity index (χ2n) is 4.60. The van der Waals surface area contributed by atoms with E-state index < -0.39 is 0 Å². The first-order chi connectivity index (χ1) is 9.49. The van der Waals surface area contributed by atoms with Crippen LogP contribution in [-0.2, 0) is 13.5 Å². The molecule has 0 fully saturated rings. The van der Waals surface area contributed by atoms with Gasteiger partial charge in [0.2, 0.25) is 0 Å². The van der Waals surface area contributed by atoms with Crippen LogP contribution < -0.4 is 10.6 Å². The van der Waals surface area contributed by atoms with Crippen LogP contribution in [-0.4, -0.2) is 20.9 Å². The summed E-state index contributed by atoms with van der Waals surface area (Å²) in [4.78, 5) is 12.0. The molecule has 6 nitrogen and oxygen atoms in total. The topological polar surface area (TPSA) is 79.2 Å². The number of phenols is 1. The van der Waals surface area contributed by atoms with Gasteiger partial charge in [-0.1, -0.05) is 6.92 Å². The van der Waals surface area contributed by atoms with Crippen LogP contribution in [0.3, 0.4) is 0 Å². The van der Waals surface area contributed by atoms with Crippen molar-refractivity contribution in [1.29, 1.82) is 0 Å². The van der Waals surface area contributed by atoms with Crippen LogP contribution in [0.25, 0.3) is 0 Å². The molecule has 0 unspecified atom stereocenters. The standard InChI is InChI=1S/C14H18N4O2/c1-4-11-13(8-18(3)17-11)16-14(20)15-12-6-5-10(19)7-9(12)2/h5-8,19H,4H2,1-3H3,(H2,15,16,20). The van der Waals surface area contributed by atoms with Crippen molar-refractivity contribution in [1.82, 2.24) is 9.78 Å². The van der Waals surface area contributed by atoms with E-state index in [0.717, 1.165) is 17.7 Å². The quantitative estimate of drug-likeness (QED) is 0.753. The summed E-state index contributed by atoms with van der Waals surface area (Å²) in [7, 11) is 1.81. The summed E-state index contributed by atoms with van der Waals surface area (Å²) in [6.07, 6.45) is 2.51. The maximum atomic E-state index is 12.0. The summed E-state index contributed by atoms with van der Waals surface area (Å²) in [5.74, 6) is 0.175. The minimum Gasteiger partial charge on any atom is -0.508 e. The number of aryl methyl sites for hydroxylation is 3. The van der Waals surface area contributed by atoms with Crippen LogP contribution in [0.1, 0.15) is 18.2 Å². The number of phenolic OH excluding ortho intramolecular Hbond substituents is 1. The Morgan fingerprint density at radius 1 is 1.35 bits per heavy atom. The van der Waals surface area contributed by atoms with Crippen molar-refractivity contribution in [2.45, 2.75) is 20.3 Å². The second-order valence-corrected chi connectivity index (χ2v) is 4.60. The van der Waals surface area contributed by atoms with Gasteiger partial charge in [0.05, 0.1) is 11.4 Å².